The molecule has 2 aliphatic carbocycles. The summed E-state index contributed by atoms with van der Waals surface area (Å²) in [5, 5.41) is 0. The van der Waals surface area contributed by atoms with Crippen molar-refractivity contribution in [2.75, 3.05) is 0 Å². The van der Waals surface area contributed by atoms with Gasteiger partial charge in [0.2, 0.25) is 0 Å². The Kier molecular flexibility index (Phi) is 3.72. The normalized spacial score (nSPS) is 14.0. The highest BCUT2D eigenvalue weighted by Gasteiger charge is 2.51. The molecule has 0 aromatic heterocycles. The van der Waals surface area contributed by atoms with Crippen LogP contribution in [0.5, 0.6) is 0 Å². The van der Waals surface area contributed by atoms with Crippen LogP contribution < -0.4 is 0 Å². The predicted molar refractivity (Wildman–Crippen MR) is 136 cm³/mol. The van der Waals surface area contributed by atoms with Crippen LogP contribution in [0.1, 0.15) is 22.3 Å². The van der Waals surface area contributed by atoms with E-state index in [9.17, 15) is 0 Å². The minimum absolute atomic E-state index is 0.281. The minimum Gasteiger partial charge on any atom is -0.0619 e. The first-order valence-electron chi connectivity index (χ1n) is 11.0. The lowest BCUT2D eigenvalue weighted by molar-refractivity contribution is 0.794. The van der Waals surface area contributed by atoms with Crippen molar-refractivity contribution in [3.05, 3.63) is 142 Å². The number of fused-ring (bicyclic) bond motifs is 10. The molecule has 0 heterocycles. The first kappa shape index (κ1) is 18.2. The average Bonchev–Trinajstić information content (AvgIpc) is 3.32. The van der Waals surface area contributed by atoms with Crippen molar-refractivity contribution < 1.29 is 0 Å². The third kappa shape index (κ3) is 2.12. The lowest BCUT2D eigenvalue weighted by atomic mass is 9.70. The van der Waals surface area contributed by atoms with Gasteiger partial charge in [-0.15, -0.1) is 0 Å². The molecule has 0 nitrogen and oxygen atoms in total. The van der Waals surface area contributed by atoms with Gasteiger partial charge in [-0.3, -0.25) is 0 Å². The van der Waals surface area contributed by atoms with E-state index in [2.05, 4.69) is 131 Å². The zero-order chi connectivity index (χ0) is 21.3. The van der Waals surface area contributed by atoms with Gasteiger partial charge in [0.1, 0.15) is 0 Å². The first-order valence-corrected chi connectivity index (χ1v) is 11.8. The summed E-state index contributed by atoms with van der Waals surface area (Å²) in [7, 11) is 0. The largest absolute Gasteiger partial charge is 0.0725 e. The number of hydrogen-bond acceptors (Lipinski definition) is 0. The van der Waals surface area contributed by atoms with Crippen LogP contribution in [-0.2, 0) is 5.41 Å². The Hall–Kier alpha value is -3.42. The summed E-state index contributed by atoms with van der Waals surface area (Å²) in [5.74, 6) is 0. The fourth-order valence-electron chi connectivity index (χ4n) is 6.05. The standard InChI is InChI=1S/C31H19Br/c32-29-19-8-4-12-22(29)23-14-9-18-28-30(23)24-13-3-7-17-27(24)31(28)25-15-5-1-10-20(25)21-11-2-6-16-26(21)31/h1-19H. The molecule has 0 amide bonds. The van der Waals surface area contributed by atoms with E-state index in [-0.39, 0.29) is 5.41 Å². The maximum absolute atomic E-state index is 3.81. The second kappa shape index (κ2) is 6.54. The molecule has 0 unspecified atom stereocenters. The van der Waals surface area contributed by atoms with E-state index >= 15 is 0 Å². The Morgan fingerprint density at radius 2 is 0.812 bits per heavy atom. The minimum atomic E-state index is -0.281. The molecule has 0 radical (unpaired) electrons. The van der Waals surface area contributed by atoms with Gasteiger partial charge in [-0.05, 0) is 61.7 Å². The molecule has 0 saturated carbocycles. The van der Waals surface area contributed by atoms with E-state index < -0.39 is 0 Å². The van der Waals surface area contributed by atoms with Crippen LogP contribution >= 0.6 is 15.9 Å². The zero-order valence-electron chi connectivity index (χ0n) is 17.3. The predicted octanol–water partition coefficient (Wildman–Crippen LogP) is 8.46. The maximum atomic E-state index is 3.81. The molecular weight excluding hydrogens is 452 g/mol. The maximum Gasteiger partial charge on any atom is 0.0725 e. The summed E-state index contributed by atoms with van der Waals surface area (Å²) in [6.07, 6.45) is 0. The highest BCUT2D eigenvalue weighted by atomic mass is 79.9. The zero-order valence-corrected chi connectivity index (χ0v) is 18.9. The van der Waals surface area contributed by atoms with Gasteiger partial charge in [0.25, 0.3) is 0 Å². The molecule has 0 atom stereocenters. The lowest BCUT2D eigenvalue weighted by Crippen LogP contribution is -2.25. The van der Waals surface area contributed by atoms with E-state index in [1.165, 1.54) is 55.6 Å². The summed E-state index contributed by atoms with van der Waals surface area (Å²) >= 11 is 3.81. The molecule has 2 aliphatic rings. The molecule has 0 N–H and O–H groups in total. The number of benzene rings is 5. The number of hydrogen-bond donors (Lipinski definition) is 0. The van der Waals surface area contributed by atoms with E-state index in [0.717, 1.165) is 4.47 Å². The molecular formula is C31H19Br. The molecule has 5 aromatic rings. The monoisotopic (exact) mass is 470 g/mol. The van der Waals surface area contributed by atoms with Crippen molar-refractivity contribution >= 4 is 15.9 Å². The van der Waals surface area contributed by atoms with Gasteiger partial charge in [0.15, 0.2) is 0 Å². The van der Waals surface area contributed by atoms with Crippen molar-refractivity contribution in [3.8, 4) is 33.4 Å². The van der Waals surface area contributed by atoms with Crippen LogP contribution in [0.2, 0.25) is 0 Å². The summed E-state index contributed by atoms with van der Waals surface area (Å²) < 4.78 is 1.12. The van der Waals surface area contributed by atoms with Gasteiger partial charge >= 0.3 is 0 Å². The fraction of sp³-hybridized carbons (Fsp3) is 0.0323. The lowest BCUT2D eigenvalue weighted by Gasteiger charge is -2.30. The quantitative estimate of drug-likeness (QED) is 0.225. The Bertz CT molecular complexity index is 1500. The second-order valence-electron chi connectivity index (χ2n) is 8.59. The Morgan fingerprint density at radius 3 is 1.44 bits per heavy atom. The molecule has 5 aromatic carbocycles. The van der Waals surface area contributed by atoms with Gasteiger partial charge in [-0.1, -0.05) is 125 Å². The van der Waals surface area contributed by atoms with E-state index in [1.54, 1.807) is 0 Å². The first-order chi connectivity index (χ1) is 15.8. The van der Waals surface area contributed by atoms with Crippen LogP contribution in [0.25, 0.3) is 33.4 Å². The Labute approximate surface area is 196 Å². The van der Waals surface area contributed by atoms with E-state index in [4.69, 9.17) is 0 Å². The SMILES string of the molecule is Brc1ccccc1-c1cccc2c1-c1ccccc1C21c2ccccc2-c2ccccc21. The van der Waals surface area contributed by atoms with E-state index in [0.29, 0.717) is 0 Å². The van der Waals surface area contributed by atoms with Gasteiger partial charge in [-0.2, -0.15) is 0 Å². The molecule has 150 valence electrons. The molecule has 0 bridgehead atoms. The van der Waals surface area contributed by atoms with Crippen LogP contribution in [0, 0.1) is 0 Å². The highest BCUT2D eigenvalue weighted by molar-refractivity contribution is 9.10. The summed E-state index contributed by atoms with van der Waals surface area (Å²) in [6.45, 7) is 0. The van der Waals surface area contributed by atoms with E-state index in [1.807, 2.05) is 0 Å². The van der Waals surface area contributed by atoms with Gasteiger partial charge in [0.05, 0.1) is 5.41 Å². The molecule has 1 spiro atoms. The molecule has 7 rings (SSSR count). The van der Waals surface area contributed by atoms with Crippen molar-refractivity contribution in [3.63, 3.8) is 0 Å². The van der Waals surface area contributed by atoms with Crippen LogP contribution in [0.4, 0.5) is 0 Å². The van der Waals surface area contributed by atoms with Gasteiger partial charge < -0.3 is 0 Å². The fourth-order valence-corrected chi connectivity index (χ4v) is 6.55. The number of rotatable bonds is 1. The average molecular weight is 471 g/mol. The van der Waals surface area contributed by atoms with Crippen molar-refractivity contribution in [2.45, 2.75) is 5.41 Å². The molecule has 1 heteroatoms. The van der Waals surface area contributed by atoms with Crippen LogP contribution in [0.15, 0.2) is 120 Å². The van der Waals surface area contributed by atoms with Gasteiger partial charge in [0, 0.05) is 4.47 Å². The number of halogens is 1. The summed E-state index contributed by atoms with van der Waals surface area (Å²) in [6, 6.07) is 42.3. The summed E-state index contributed by atoms with van der Waals surface area (Å²) in [4.78, 5) is 0. The molecule has 0 fully saturated rings. The van der Waals surface area contributed by atoms with Crippen molar-refractivity contribution in [1.82, 2.24) is 0 Å². The topological polar surface area (TPSA) is 0 Å². The smallest absolute Gasteiger partial charge is 0.0619 e. The molecule has 32 heavy (non-hydrogen) atoms. The van der Waals surface area contributed by atoms with Gasteiger partial charge in [-0.25, -0.2) is 0 Å². The van der Waals surface area contributed by atoms with Crippen molar-refractivity contribution in [2.24, 2.45) is 0 Å². The molecule has 0 saturated heterocycles. The highest BCUT2D eigenvalue weighted by Crippen LogP contribution is 2.63. The Morgan fingerprint density at radius 1 is 0.375 bits per heavy atom. The molecule has 0 aliphatic heterocycles. The second-order valence-corrected chi connectivity index (χ2v) is 9.45. The van der Waals surface area contributed by atoms with Crippen LogP contribution in [-0.4, -0.2) is 0 Å². The van der Waals surface area contributed by atoms with Crippen molar-refractivity contribution in [1.29, 1.82) is 0 Å². The van der Waals surface area contributed by atoms with Crippen LogP contribution in [0.3, 0.4) is 0 Å². The third-order valence-corrected chi connectivity index (χ3v) is 7.88. The third-order valence-electron chi connectivity index (χ3n) is 7.19. The summed E-state index contributed by atoms with van der Waals surface area (Å²) in [5.41, 5.74) is 13.1. The Balaban J connectivity index is 1.68.